The number of fused-ring (bicyclic) bond motifs is 1. The van der Waals surface area contributed by atoms with Crippen LogP contribution in [0.25, 0.3) is 0 Å². The van der Waals surface area contributed by atoms with Crippen LogP contribution in [0, 0.1) is 11.3 Å². The maximum Gasteiger partial charge on any atom is 0.256 e. The van der Waals surface area contributed by atoms with Crippen molar-refractivity contribution in [1.29, 1.82) is 5.26 Å². The van der Waals surface area contributed by atoms with Crippen molar-refractivity contribution in [1.82, 2.24) is 20.2 Å². The van der Waals surface area contributed by atoms with Crippen LogP contribution in [-0.4, -0.2) is 26.1 Å². The number of carbonyl (C=O) groups is 1. The van der Waals surface area contributed by atoms with E-state index in [1.807, 2.05) is 13.8 Å². The number of aryl methyl sites for hydroxylation is 1. The third-order valence-electron chi connectivity index (χ3n) is 5.04. The quantitative estimate of drug-likeness (QED) is 0.646. The third kappa shape index (κ3) is 4.04. The van der Waals surface area contributed by atoms with E-state index in [9.17, 15) is 10.1 Å². The average molecular weight is 423 g/mol. The molecule has 0 aliphatic heterocycles. The first-order chi connectivity index (χ1) is 14.6. The van der Waals surface area contributed by atoms with Crippen molar-refractivity contribution < 1.29 is 9.53 Å². The van der Waals surface area contributed by atoms with Gasteiger partial charge in [-0.1, -0.05) is 0 Å². The first kappa shape index (κ1) is 20.0. The Morgan fingerprint density at radius 1 is 1.30 bits per heavy atom. The van der Waals surface area contributed by atoms with Gasteiger partial charge in [0.15, 0.2) is 5.82 Å². The number of hydrogen-bond donors (Lipinski definition) is 1. The largest absolute Gasteiger partial charge is 0.486 e. The number of amides is 1. The van der Waals surface area contributed by atoms with Crippen molar-refractivity contribution in [2.24, 2.45) is 0 Å². The van der Waals surface area contributed by atoms with E-state index in [1.165, 1.54) is 16.2 Å². The molecule has 2 aromatic heterocycles. The molecule has 1 aliphatic carbocycles. The van der Waals surface area contributed by atoms with Gasteiger partial charge >= 0.3 is 0 Å². The van der Waals surface area contributed by atoms with E-state index in [1.54, 1.807) is 28.9 Å². The van der Waals surface area contributed by atoms with Gasteiger partial charge in [-0.2, -0.15) is 5.26 Å². The third-order valence-corrected chi connectivity index (χ3v) is 6.25. The second-order valence-corrected chi connectivity index (χ2v) is 8.53. The Labute approximate surface area is 178 Å². The topological polar surface area (TPSA) is 106 Å². The van der Waals surface area contributed by atoms with Crippen LogP contribution in [0.5, 0.6) is 5.75 Å². The van der Waals surface area contributed by atoms with Gasteiger partial charge in [0.2, 0.25) is 0 Å². The van der Waals surface area contributed by atoms with Crippen LogP contribution in [0.2, 0.25) is 0 Å². The summed E-state index contributed by atoms with van der Waals surface area (Å²) in [6.07, 6.45) is 4.13. The number of thiophene rings is 1. The summed E-state index contributed by atoms with van der Waals surface area (Å²) in [5.41, 5.74) is 2.23. The van der Waals surface area contributed by atoms with Gasteiger partial charge in [-0.15, -0.1) is 16.4 Å². The summed E-state index contributed by atoms with van der Waals surface area (Å²) in [7, 11) is 0. The molecule has 0 unspecified atom stereocenters. The van der Waals surface area contributed by atoms with Gasteiger partial charge in [-0.25, -0.2) is 4.68 Å². The van der Waals surface area contributed by atoms with Gasteiger partial charge in [0, 0.05) is 10.4 Å². The van der Waals surface area contributed by atoms with Gasteiger partial charge in [0.05, 0.1) is 11.6 Å². The number of carbonyl (C=O) groups excluding carboxylic acids is 1. The fourth-order valence-corrected chi connectivity index (χ4v) is 4.74. The zero-order chi connectivity index (χ0) is 21.1. The second kappa shape index (κ2) is 8.63. The Bertz CT molecular complexity index is 1090. The number of nitriles is 1. The van der Waals surface area contributed by atoms with Gasteiger partial charge in [0.25, 0.3) is 5.91 Å². The first-order valence-corrected chi connectivity index (χ1v) is 10.7. The van der Waals surface area contributed by atoms with E-state index in [0.29, 0.717) is 27.7 Å². The smallest absolute Gasteiger partial charge is 0.256 e. The molecule has 154 valence electrons. The summed E-state index contributed by atoms with van der Waals surface area (Å²) >= 11 is 1.52. The summed E-state index contributed by atoms with van der Waals surface area (Å²) in [5.74, 6) is 1.02. The predicted molar refractivity (Wildman–Crippen MR) is 113 cm³/mol. The standard InChI is InChI=1S/C21H22N6O2S/c1-13(2)27-19(24-25-26-27)12-29-15-9-7-14(8-10-15)20(28)23-21-17(11-22)16-5-3-4-6-18(16)30-21/h7-10,13H,3-6,12H2,1-2H3,(H,23,28). The maximum atomic E-state index is 12.7. The Hall–Kier alpha value is -3.25. The fraction of sp³-hybridized carbons (Fsp3) is 0.381. The summed E-state index contributed by atoms with van der Waals surface area (Å²) in [6.45, 7) is 4.23. The minimum atomic E-state index is -0.236. The zero-order valence-electron chi connectivity index (χ0n) is 16.9. The normalized spacial score (nSPS) is 13.0. The van der Waals surface area contributed by atoms with Crippen LogP contribution >= 0.6 is 11.3 Å². The lowest BCUT2D eigenvalue weighted by Gasteiger charge is -2.10. The molecule has 0 bridgehead atoms. The molecule has 4 rings (SSSR count). The Kier molecular flexibility index (Phi) is 5.77. The van der Waals surface area contributed by atoms with Crippen LogP contribution in [0.4, 0.5) is 5.00 Å². The highest BCUT2D eigenvalue weighted by Gasteiger charge is 2.22. The summed E-state index contributed by atoms with van der Waals surface area (Å²) in [4.78, 5) is 13.9. The highest BCUT2D eigenvalue weighted by Crippen LogP contribution is 2.37. The minimum Gasteiger partial charge on any atom is -0.486 e. The molecule has 0 saturated heterocycles. The first-order valence-electron chi connectivity index (χ1n) is 9.92. The number of benzene rings is 1. The van der Waals surface area contributed by atoms with Crippen LogP contribution < -0.4 is 10.1 Å². The fourth-order valence-electron chi connectivity index (χ4n) is 3.51. The molecular formula is C21H22N6O2S. The lowest BCUT2D eigenvalue weighted by atomic mass is 9.96. The van der Waals surface area contributed by atoms with E-state index >= 15 is 0 Å². The zero-order valence-corrected chi connectivity index (χ0v) is 17.7. The molecule has 9 heteroatoms. The van der Waals surface area contributed by atoms with Crippen molar-refractivity contribution >= 4 is 22.2 Å². The number of rotatable bonds is 6. The van der Waals surface area contributed by atoms with E-state index in [2.05, 4.69) is 26.9 Å². The van der Waals surface area contributed by atoms with E-state index in [0.717, 1.165) is 31.2 Å². The number of nitrogens with one attached hydrogen (secondary N) is 1. The lowest BCUT2D eigenvalue weighted by molar-refractivity contribution is 0.102. The highest BCUT2D eigenvalue weighted by atomic mass is 32.1. The number of hydrogen-bond acceptors (Lipinski definition) is 7. The van der Waals surface area contributed by atoms with Crippen molar-refractivity contribution in [3.8, 4) is 11.8 Å². The van der Waals surface area contributed by atoms with Crippen molar-refractivity contribution in [3.63, 3.8) is 0 Å². The molecule has 1 amide bonds. The van der Waals surface area contributed by atoms with Gasteiger partial charge < -0.3 is 10.1 Å². The second-order valence-electron chi connectivity index (χ2n) is 7.43. The van der Waals surface area contributed by atoms with E-state index < -0.39 is 0 Å². The van der Waals surface area contributed by atoms with Gasteiger partial charge in [-0.3, -0.25) is 4.79 Å². The number of aromatic nitrogens is 4. The molecule has 1 aromatic carbocycles. The molecule has 0 radical (unpaired) electrons. The molecule has 1 aliphatic rings. The van der Waals surface area contributed by atoms with Crippen LogP contribution in [0.3, 0.4) is 0 Å². The van der Waals surface area contributed by atoms with Crippen molar-refractivity contribution in [2.75, 3.05) is 5.32 Å². The Morgan fingerprint density at radius 3 is 2.80 bits per heavy atom. The minimum absolute atomic E-state index is 0.144. The molecule has 0 spiro atoms. The Balaban J connectivity index is 1.42. The molecule has 8 nitrogen and oxygen atoms in total. The number of ether oxygens (including phenoxy) is 1. The molecule has 0 saturated carbocycles. The molecule has 30 heavy (non-hydrogen) atoms. The summed E-state index contributed by atoms with van der Waals surface area (Å²) in [6, 6.07) is 9.30. The van der Waals surface area contributed by atoms with Gasteiger partial charge in [-0.05, 0) is 79.8 Å². The Morgan fingerprint density at radius 2 is 2.07 bits per heavy atom. The molecule has 0 fully saturated rings. The number of tetrazole rings is 1. The highest BCUT2D eigenvalue weighted by molar-refractivity contribution is 7.16. The number of anilines is 1. The lowest BCUT2D eigenvalue weighted by Crippen LogP contribution is -2.12. The van der Waals surface area contributed by atoms with Crippen LogP contribution in [0.1, 0.15) is 64.9 Å². The maximum absolute atomic E-state index is 12.7. The summed E-state index contributed by atoms with van der Waals surface area (Å²) < 4.78 is 7.45. The monoisotopic (exact) mass is 422 g/mol. The van der Waals surface area contributed by atoms with Crippen molar-refractivity contribution in [3.05, 3.63) is 51.7 Å². The predicted octanol–water partition coefficient (Wildman–Crippen LogP) is 3.90. The van der Waals surface area contributed by atoms with Crippen molar-refractivity contribution in [2.45, 2.75) is 52.2 Å². The van der Waals surface area contributed by atoms with Crippen LogP contribution in [0.15, 0.2) is 24.3 Å². The molecule has 1 N–H and O–H groups in total. The molecule has 2 heterocycles. The molecule has 3 aromatic rings. The summed E-state index contributed by atoms with van der Waals surface area (Å²) in [5, 5.41) is 24.7. The number of nitrogens with zero attached hydrogens (tertiary/aromatic N) is 5. The molecular weight excluding hydrogens is 400 g/mol. The van der Waals surface area contributed by atoms with E-state index in [4.69, 9.17) is 4.74 Å². The van der Waals surface area contributed by atoms with Gasteiger partial charge in [0.1, 0.15) is 23.4 Å². The van der Waals surface area contributed by atoms with E-state index in [-0.39, 0.29) is 18.6 Å². The molecule has 0 atom stereocenters. The SMILES string of the molecule is CC(C)n1nnnc1COc1ccc(C(=O)Nc2sc3c(c2C#N)CCCC3)cc1. The van der Waals surface area contributed by atoms with Crippen LogP contribution in [-0.2, 0) is 19.4 Å². The average Bonchev–Trinajstić information content (AvgIpc) is 3.36.